The Labute approximate surface area is 203 Å². The number of nitrogens with zero attached hydrogens (tertiary/aromatic N) is 6. The second-order valence-corrected chi connectivity index (χ2v) is 12.0. The molecule has 0 saturated carbocycles. The molecule has 0 N–H and O–H groups in total. The normalized spacial score (nSPS) is 12.7. The van der Waals surface area contributed by atoms with E-state index in [1.54, 1.807) is 0 Å². The molecule has 3 rings (SSSR count). The van der Waals surface area contributed by atoms with Crippen LogP contribution in [-0.4, -0.2) is 37.2 Å². The lowest BCUT2D eigenvalue weighted by atomic mass is 9.92. The molecular weight excluding hydrogens is 431 g/mol. The van der Waals surface area contributed by atoms with Crippen molar-refractivity contribution in [3.63, 3.8) is 0 Å². The van der Waals surface area contributed by atoms with Crippen LogP contribution in [0.4, 0.5) is 0 Å². The summed E-state index contributed by atoms with van der Waals surface area (Å²) in [4.78, 5) is 4.29. The highest BCUT2D eigenvalue weighted by Crippen LogP contribution is 2.23. The van der Waals surface area contributed by atoms with Crippen LogP contribution in [0.1, 0.15) is 96.5 Å². The van der Waals surface area contributed by atoms with E-state index < -0.39 is 7.32 Å². The Kier molecular flexibility index (Phi) is 6.58. The number of hydrogen-bond donors (Lipinski definition) is 0. The van der Waals surface area contributed by atoms with Gasteiger partial charge in [-0.1, -0.05) is 62.3 Å². The summed E-state index contributed by atoms with van der Waals surface area (Å²) in [6.07, 6.45) is 0. The minimum atomic E-state index is -1.20. The van der Waals surface area contributed by atoms with Crippen LogP contribution in [0, 0.1) is 20.8 Å². The summed E-state index contributed by atoms with van der Waals surface area (Å²) in [6.45, 7) is 24.7. The maximum absolute atomic E-state index is 6.07. The SMILES string of the molecule is Cc1cc(C(C)(C)C)nn1OB(On1nc(C(C)(C)C)cc1C)On1nc(C(C)(C)C)cc1C. The van der Waals surface area contributed by atoms with E-state index in [9.17, 15) is 0 Å². The summed E-state index contributed by atoms with van der Waals surface area (Å²) < 4.78 is 18.2. The van der Waals surface area contributed by atoms with Gasteiger partial charge in [0.15, 0.2) is 0 Å². The minimum Gasteiger partial charge on any atom is -0.380 e. The lowest BCUT2D eigenvalue weighted by Gasteiger charge is -2.18. The molecule has 3 heterocycles. The number of hydrogen-bond acceptors (Lipinski definition) is 6. The van der Waals surface area contributed by atoms with E-state index in [0.29, 0.717) is 0 Å². The van der Waals surface area contributed by atoms with Gasteiger partial charge in [0.05, 0.1) is 34.2 Å². The highest BCUT2D eigenvalue weighted by Gasteiger charge is 2.37. The molecule has 0 fully saturated rings. The highest BCUT2D eigenvalue weighted by molar-refractivity contribution is 6.37. The molecular formula is C24H39BN6O3. The van der Waals surface area contributed by atoms with Crippen LogP contribution in [0.15, 0.2) is 18.2 Å². The molecule has 0 radical (unpaired) electrons. The molecule has 3 aromatic heterocycles. The Hall–Kier alpha value is -2.91. The number of aryl methyl sites for hydroxylation is 3. The Morgan fingerprint density at radius 3 is 0.941 bits per heavy atom. The largest absolute Gasteiger partial charge is 0.929 e. The van der Waals surface area contributed by atoms with Gasteiger partial charge >= 0.3 is 7.32 Å². The topological polar surface area (TPSA) is 81.1 Å². The summed E-state index contributed by atoms with van der Waals surface area (Å²) in [5, 5.41) is 13.8. The van der Waals surface area contributed by atoms with E-state index in [4.69, 9.17) is 14.3 Å². The van der Waals surface area contributed by atoms with Gasteiger partial charge in [0.2, 0.25) is 0 Å². The van der Waals surface area contributed by atoms with Crippen molar-refractivity contribution in [1.29, 1.82) is 0 Å². The Morgan fingerprint density at radius 1 is 0.529 bits per heavy atom. The molecule has 0 amide bonds. The van der Waals surface area contributed by atoms with Crippen molar-refractivity contribution in [3.05, 3.63) is 52.4 Å². The predicted octanol–water partition coefficient (Wildman–Crippen LogP) is 3.76. The molecule has 0 bridgehead atoms. The van der Waals surface area contributed by atoms with Crippen LogP contribution in [-0.2, 0) is 16.2 Å². The molecule has 0 unspecified atom stereocenters. The number of aromatic nitrogens is 6. The van der Waals surface area contributed by atoms with Crippen LogP contribution in [0.3, 0.4) is 0 Å². The van der Waals surface area contributed by atoms with Gasteiger partial charge in [0, 0.05) is 16.2 Å². The maximum atomic E-state index is 6.07. The zero-order chi connectivity index (χ0) is 25.6. The molecule has 186 valence electrons. The van der Waals surface area contributed by atoms with E-state index in [0.717, 1.165) is 34.2 Å². The van der Waals surface area contributed by atoms with Crippen LogP contribution in [0.25, 0.3) is 0 Å². The lowest BCUT2D eigenvalue weighted by Crippen LogP contribution is -2.50. The molecule has 34 heavy (non-hydrogen) atoms. The van der Waals surface area contributed by atoms with Crippen LogP contribution >= 0.6 is 0 Å². The first kappa shape index (κ1) is 25.7. The predicted molar refractivity (Wildman–Crippen MR) is 132 cm³/mol. The molecule has 0 aliphatic rings. The molecule has 0 aliphatic carbocycles. The molecule has 0 spiro atoms. The summed E-state index contributed by atoms with van der Waals surface area (Å²) in [6, 6.07) is 5.97. The summed E-state index contributed by atoms with van der Waals surface area (Å²) in [5.41, 5.74) is 4.79. The van der Waals surface area contributed by atoms with E-state index in [1.165, 1.54) is 14.5 Å². The van der Waals surface area contributed by atoms with Gasteiger partial charge in [0.1, 0.15) is 0 Å². The van der Waals surface area contributed by atoms with Crippen LogP contribution in [0.2, 0.25) is 0 Å². The van der Waals surface area contributed by atoms with E-state index in [1.807, 2.05) is 39.0 Å². The zero-order valence-electron chi connectivity index (χ0n) is 22.7. The quantitative estimate of drug-likeness (QED) is 0.511. The first-order valence-corrected chi connectivity index (χ1v) is 11.7. The van der Waals surface area contributed by atoms with Gasteiger partial charge in [0.25, 0.3) is 0 Å². The highest BCUT2D eigenvalue weighted by atomic mass is 16.9. The van der Waals surface area contributed by atoms with E-state index >= 15 is 0 Å². The monoisotopic (exact) mass is 470 g/mol. The van der Waals surface area contributed by atoms with Crippen molar-refractivity contribution >= 4 is 7.32 Å². The van der Waals surface area contributed by atoms with E-state index in [2.05, 4.69) is 77.6 Å². The van der Waals surface area contributed by atoms with Crippen molar-refractivity contribution in [3.8, 4) is 0 Å². The van der Waals surface area contributed by atoms with E-state index in [-0.39, 0.29) is 16.2 Å². The van der Waals surface area contributed by atoms with Gasteiger partial charge in [-0.25, -0.2) is 0 Å². The Balaban J connectivity index is 1.95. The fraction of sp³-hybridized carbons (Fsp3) is 0.625. The fourth-order valence-electron chi connectivity index (χ4n) is 3.10. The smallest absolute Gasteiger partial charge is 0.380 e. The number of rotatable bonds is 6. The molecule has 0 aliphatic heterocycles. The Bertz CT molecular complexity index is 998. The van der Waals surface area contributed by atoms with Crippen LogP contribution < -0.4 is 14.3 Å². The standard InChI is InChI=1S/C24H39BN6O3/c1-16-13-19(22(4,5)6)26-29(16)32-25(33-30-17(2)14-20(27-30)23(7,8)9)34-31-18(3)15-21(28-31)24(10,11)12/h13-15H,1-12H3. The second kappa shape index (κ2) is 8.71. The third-order valence-electron chi connectivity index (χ3n) is 5.40. The maximum Gasteiger partial charge on any atom is 0.929 e. The van der Waals surface area contributed by atoms with Gasteiger partial charge in [-0.15, -0.1) is 29.8 Å². The van der Waals surface area contributed by atoms with Crippen molar-refractivity contribution in [2.45, 2.75) is 99.3 Å². The Morgan fingerprint density at radius 2 is 0.765 bits per heavy atom. The van der Waals surface area contributed by atoms with Crippen molar-refractivity contribution in [2.75, 3.05) is 0 Å². The molecule has 10 heteroatoms. The molecule has 9 nitrogen and oxygen atoms in total. The minimum absolute atomic E-state index is 0.128. The molecule has 3 aromatic rings. The van der Waals surface area contributed by atoms with Crippen molar-refractivity contribution < 1.29 is 14.3 Å². The third kappa shape index (κ3) is 5.77. The lowest BCUT2D eigenvalue weighted by molar-refractivity contribution is 0.0341. The van der Waals surface area contributed by atoms with Crippen LogP contribution in [0.5, 0.6) is 0 Å². The summed E-state index contributed by atoms with van der Waals surface area (Å²) in [5.74, 6) is 0. The average molecular weight is 470 g/mol. The molecule has 0 atom stereocenters. The molecule has 0 aromatic carbocycles. The van der Waals surface area contributed by atoms with Crippen molar-refractivity contribution in [2.24, 2.45) is 0 Å². The van der Waals surface area contributed by atoms with Crippen molar-refractivity contribution in [1.82, 2.24) is 29.8 Å². The first-order chi connectivity index (χ1) is 15.4. The molecule has 0 saturated heterocycles. The van der Waals surface area contributed by atoms with Gasteiger partial charge < -0.3 is 14.3 Å². The van der Waals surface area contributed by atoms with Gasteiger partial charge in [-0.05, 0) is 39.0 Å². The van der Waals surface area contributed by atoms with Gasteiger partial charge in [-0.2, -0.15) is 0 Å². The fourth-order valence-corrected chi connectivity index (χ4v) is 3.10. The average Bonchev–Trinajstić information content (AvgIpc) is 3.33. The summed E-state index contributed by atoms with van der Waals surface area (Å²) >= 11 is 0. The summed E-state index contributed by atoms with van der Waals surface area (Å²) in [7, 11) is -1.20. The zero-order valence-corrected chi connectivity index (χ0v) is 22.7. The second-order valence-electron chi connectivity index (χ2n) is 12.0. The first-order valence-electron chi connectivity index (χ1n) is 11.7. The van der Waals surface area contributed by atoms with Gasteiger partial charge in [-0.3, -0.25) is 0 Å². The third-order valence-corrected chi connectivity index (χ3v) is 5.40.